The van der Waals surface area contributed by atoms with Crippen molar-refractivity contribution in [3.63, 3.8) is 0 Å². The summed E-state index contributed by atoms with van der Waals surface area (Å²) in [6.45, 7) is 0. The maximum absolute atomic E-state index is 11.3. The normalized spacial score (nSPS) is 27.5. The van der Waals surface area contributed by atoms with E-state index in [1.54, 1.807) is 18.2 Å². The highest BCUT2D eigenvalue weighted by Crippen LogP contribution is 2.34. The number of carbonyl (C=O) groups is 1. The maximum Gasteiger partial charge on any atom is 0.413 e. The number of benzene rings is 1. The van der Waals surface area contributed by atoms with Crippen LogP contribution in [0.2, 0.25) is 10.0 Å². The van der Waals surface area contributed by atoms with Crippen molar-refractivity contribution >= 4 is 40.9 Å². The summed E-state index contributed by atoms with van der Waals surface area (Å²) in [6, 6.07) is 4.70. The molecule has 11 nitrogen and oxygen atoms in total. The number of rotatable bonds is 3. The van der Waals surface area contributed by atoms with Crippen LogP contribution < -0.4 is 16.1 Å². The van der Waals surface area contributed by atoms with Crippen LogP contribution in [0.25, 0.3) is 11.3 Å². The number of carboxylic acid groups (broad SMARTS) is 1. The molecule has 1 aliphatic heterocycles. The second-order valence-electron chi connectivity index (χ2n) is 6.01. The number of carboxylic acids is 1. The first-order chi connectivity index (χ1) is 13.1. The highest BCUT2D eigenvalue weighted by atomic mass is 35.5. The third-order valence-electron chi connectivity index (χ3n) is 4.20. The quantitative estimate of drug-likeness (QED) is 0.325. The summed E-state index contributed by atoms with van der Waals surface area (Å²) in [5.41, 5.74) is 12.0. The lowest BCUT2D eigenvalue weighted by atomic mass is 9.98. The fourth-order valence-corrected chi connectivity index (χ4v) is 3.16. The molecule has 2 heterocycles. The first-order valence-electron chi connectivity index (χ1n) is 7.85. The molecule has 1 fully saturated rings. The molecule has 150 valence electrons. The first kappa shape index (κ1) is 20.5. The van der Waals surface area contributed by atoms with Gasteiger partial charge in [0.2, 0.25) is 12.0 Å². The summed E-state index contributed by atoms with van der Waals surface area (Å²) in [7, 11) is 0. The van der Waals surface area contributed by atoms with Crippen molar-refractivity contribution in [3.8, 4) is 11.3 Å². The number of halogens is 2. The third kappa shape index (κ3) is 3.43. The van der Waals surface area contributed by atoms with Gasteiger partial charge in [-0.3, -0.25) is 5.73 Å². The molecule has 0 amide bonds. The highest BCUT2D eigenvalue weighted by Gasteiger charge is 2.50. The van der Waals surface area contributed by atoms with Gasteiger partial charge >= 0.3 is 11.9 Å². The third-order valence-corrected chi connectivity index (χ3v) is 5.02. The first-order valence-corrected chi connectivity index (χ1v) is 8.60. The van der Waals surface area contributed by atoms with Gasteiger partial charge in [0.15, 0.2) is 11.8 Å². The molecule has 1 aromatic heterocycles. The van der Waals surface area contributed by atoms with Crippen molar-refractivity contribution in [1.82, 2.24) is 10.1 Å². The van der Waals surface area contributed by atoms with Crippen LogP contribution in [0, 0.1) is 0 Å². The van der Waals surface area contributed by atoms with Crippen LogP contribution in [0.1, 0.15) is 6.23 Å². The zero-order valence-electron chi connectivity index (χ0n) is 14.0. The summed E-state index contributed by atoms with van der Waals surface area (Å²) in [5, 5.41) is 43.8. The van der Waals surface area contributed by atoms with E-state index in [0.717, 1.165) is 4.68 Å². The lowest BCUT2D eigenvalue weighted by molar-refractivity contribution is -0.813. The molecule has 1 aromatic carbocycles. The molecule has 3 rings (SSSR count). The number of nitrogens with two attached hydrogens (primary N) is 2. The second-order valence-corrected chi connectivity index (χ2v) is 6.79. The number of hydrogen-bond donors (Lipinski definition) is 6. The maximum atomic E-state index is 11.3. The van der Waals surface area contributed by atoms with Gasteiger partial charge in [-0.25, -0.2) is 4.79 Å². The number of aliphatic carboxylic acids is 1. The Balaban J connectivity index is 2.12. The van der Waals surface area contributed by atoms with E-state index >= 15 is 0 Å². The number of nitrogen functional groups attached to an aromatic ring is 2. The molecule has 2 aromatic rings. The molecule has 0 spiro atoms. The number of aromatic nitrogens is 3. The molecule has 28 heavy (non-hydrogen) atoms. The molecule has 5 atom stereocenters. The van der Waals surface area contributed by atoms with E-state index in [-0.39, 0.29) is 27.5 Å². The van der Waals surface area contributed by atoms with E-state index in [1.165, 1.54) is 0 Å². The second kappa shape index (κ2) is 7.62. The molecule has 0 bridgehead atoms. The summed E-state index contributed by atoms with van der Waals surface area (Å²) in [4.78, 5) is 15.2. The van der Waals surface area contributed by atoms with E-state index in [0.29, 0.717) is 5.56 Å². The van der Waals surface area contributed by atoms with Gasteiger partial charge in [0.1, 0.15) is 18.3 Å². The topological polar surface area (TPSA) is 189 Å². The van der Waals surface area contributed by atoms with Gasteiger partial charge in [0.25, 0.3) is 0 Å². The standard InChI is InChI=1S/C15H15Cl2N5O6/c16-5-3-1-2-4(6(5)17)7-12(18)20-15(19)22(21-7)13-10(25)8(23)9(24)11(28-13)14(26)27/h1-3,8-11,13,23-25H,(H4,18,19,20,26,27)/p+1/t8-,9-,10+,11-,13+/m0/s1/i7+1,12+1,15+1. The molecular formula is C15H16Cl2N5O6+. The number of anilines is 2. The minimum Gasteiger partial charge on any atom is -0.479 e. The van der Waals surface area contributed by atoms with Crippen molar-refractivity contribution in [1.29, 1.82) is 0 Å². The minimum absolute atomic E-state index is 0.0324. The fourth-order valence-electron chi connectivity index (χ4n) is 2.77. The smallest absolute Gasteiger partial charge is 0.413 e. The minimum atomic E-state index is -1.87. The SMILES string of the molecule is N[13c]1n[13c](N)[n+]([C@@H]2O[C@H](C(=O)O)[C@@H](O)[C@H](O)[C@H]2O)n[13c]1-c1cccc(Cl)c1Cl. The van der Waals surface area contributed by atoms with Gasteiger partial charge in [-0.1, -0.05) is 35.3 Å². The molecule has 0 aliphatic carbocycles. The van der Waals surface area contributed by atoms with Crippen molar-refractivity contribution in [2.24, 2.45) is 0 Å². The van der Waals surface area contributed by atoms with Crippen LogP contribution in [0.3, 0.4) is 0 Å². The predicted molar refractivity (Wildman–Crippen MR) is 96.1 cm³/mol. The van der Waals surface area contributed by atoms with Gasteiger partial charge < -0.3 is 30.9 Å². The number of aliphatic hydroxyl groups is 3. The Hall–Kier alpha value is -2.28. The summed E-state index contributed by atoms with van der Waals surface area (Å²) in [6.07, 6.45) is -8.89. The van der Waals surface area contributed by atoms with Crippen molar-refractivity contribution in [3.05, 3.63) is 28.2 Å². The number of hydrogen-bond acceptors (Lipinski definition) is 9. The van der Waals surface area contributed by atoms with E-state index in [2.05, 4.69) is 10.1 Å². The average molecular weight is 436 g/mol. The van der Waals surface area contributed by atoms with Crippen molar-refractivity contribution < 1.29 is 34.6 Å². The number of aliphatic hydroxyl groups excluding tert-OH is 3. The average Bonchev–Trinajstić information content (AvgIpc) is 2.63. The largest absolute Gasteiger partial charge is 0.479 e. The van der Waals surface area contributed by atoms with Gasteiger partial charge in [0.05, 0.1) is 10.0 Å². The number of nitrogens with zero attached hydrogens (tertiary/aromatic N) is 3. The van der Waals surface area contributed by atoms with Crippen LogP contribution in [0.4, 0.5) is 11.8 Å². The Labute approximate surface area is 167 Å². The Bertz CT molecular complexity index is 932. The van der Waals surface area contributed by atoms with Gasteiger partial charge in [-0.15, -0.1) is 9.78 Å². The van der Waals surface area contributed by atoms with E-state index in [4.69, 9.17) is 39.4 Å². The van der Waals surface area contributed by atoms with Crippen LogP contribution in [0.15, 0.2) is 18.2 Å². The highest BCUT2D eigenvalue weighted by molar-refractivity contribution is 6.43. The fraction of sp³-hybridized carbons (Fsp3) is 0.333. The van der Waals surface area contributed by atoms with Crippen LogP contribution in [0.5, 0.6) is 0 Å². The van der Waals surface area contributed by atoms with Gasteiger partial charge in [-0.2, -0.15) is 0 Å². The molecule has 1 aliphatic rings. The zero-order chi connectivity index (χ0) is 20.7. The van der Waals surface area contributed by atoms with Crippen LogP contribution >= 0.6 is 23.2 Å². The van der Waals surface area contributed by atoms with Crippen LogP contribution in [-0.2, 0) is 9.53 Å². The Morgan fingerprint density at radius 3 is 2.46 bits per heavy atom. The lowest BCUT2D eigenvalue weighted by Gasteiger charge is -2.37. The van der Waals surface area contributed by atoms with Crippen molar-refractivity contribution in [2.45, 2.75) is 30.6 Å². The summed E-state index contributed by atoms with van der Waals surface area (Å²) < 4.78 is 6.06. The monoisotopic (exact) mass is 435 g/mol. The van der Waals surface area contributed by atoms with Gasteiger partial charge in [-0.05, 0) is 11.1 Å². The summed E-state index contributed by atoms with van der Waals surface area (Å²) >= 11 is 12.2. The van der Waals surface area contributed by atoms with E-state index in [1.807, 2.05) is 0 Å². The Morgan fingerprint density at radius 1 is 1.14 bits per heavy atom. The van der Waals surface area contributed by atoms with Crippen LogP contribution in [-0.4, -0.2) is 60.9 Å². The molecule has 0 unspecified atom stereocenters. The predicted octanol–water partition coefficient (Wildman–Crippen LogP) is -1.03. The molecule has 1 saturated heterocycles. The molecule has 8 N–H and O–H groups in total. The molecule has 0 radical (unpaired) electrons. The zero-order valence-corrected chi connectivity index (χ0v) is 15.5. The molecular weight excluding hydrogens is 420 g/mol. The lowest BCUT2D eigenvalue weighted by Crippen LogP contribution is -2.65. The van der Waals surface area contributed by atoms with E-state index in [9.17, 15) is 25.2 Å². The Kier molecular flexibility index (Phi) is 5.57. The van der Waals surface area contributed by atoms with Gasteiger partial charge in [0, 0.05) is 5.56 Å². The van der Waals surface area contributed by atoms with E-state index < -0.39 is 36.6 Å². The number of ether oxygens (including phenoxy) is 1. The Morgan fingerprint density at radius 2 is 1.82 bits per heavy atom. The van der Waals surface area contributed by atoms with Crippen molar-refractivity contribution in [2.75, 3.05) is 11.5 Å². The molecule has 0 saturated carbocycles. The summed E-state index contributed by atoms with van der Waals surface area (Å²) in [5.74, 6) is -2.00. The molecule has 13 heteroatoms.